The van der Waals surface area contributed by atoms with Crippen LogP contribution in [0.15, 0.2) is 18.2 Å². The Labute approximate surface area is 125 Å². The third-order valence-corrected chi connectivity index (χ3v) is 4.31. The van der Waals surface area contributed by atoms with Gasteiger partial charge in [0.15, 0.2) is 11.6 Å². The van der Waals surface area contributed by atoms with Gasteiger partial charge in [-0.15, -0.1) is 0 Å². The Morgan fingerprint density at radius 2 is 1.86 bits per heavy atom. The molecule has 2 bridgehead atoms. The van der Waals surface area contributed by atoms with Crippen molar-refractivity contribution in [2.45, 2.75) is 31.6 Å². The molecule has 0 radical (unpaired) electrons. The molecule has 1 aromatic rings. The molecule has 0 aliphatic carbocycles. The van der Waals surface area contributed by atoms with Gasteiger partial charge < -0.3 is 15.2 Å². The van der Waals surface area contributed by atoms with Crippen molar-refractivity contribution in [2.24, 2.45) is 11.8 Å². The molecular weight excluding hydrogens is 296 g/mol. The average molecular weight is 311 g/mol. The van der Waals surface area contributed by atoms with E-state index in [4.69, 9.17) is 4.74 Å². The zero-order chi connectivity index (χ0) is 15.9. The summed E-state index contributed by atoms with van der Waals surface area (Å²) in [6, 6.07) is 3.35. The lowest BCUT2D eigenvalue weighted by atomic mass is 9.78. The maximum Gasteiger partial charge on any atom is 0.310 e. The van der Waals surface area contributed by atoms with Crippen LogP contribution in [0.2, 0.25) is 0 Å². The number of hydrogen-bond acceptors (Lipinski definition) is 3. The van der Waals surface area contributed by atoms with Gasteiger partial charge in [0.1, 0.15) is 0 Å². The highest BCUT2D eigenvalue weighted by molar-refractivity contribution is 5.86. The summed E-state index contributed by atoms with van der Waals surface area (Å²) in [4.78, 5) is 23.6. The molecule has 5 nitrogen and oxygen atoms in total. The summed E-state index contributed by atoms with van der Waals surface area (Å²) in [6.45, 7) is 0.0102. The second-order valence-electron chi connectivity index (χ2n) is 5.65. The predicted molar refractivity (Wildman–Crippen MR) is 70.7 cm³/mol. The molecule has 1 aromatic carbocycles. The Morgan fingerprint density at radius 3 is 2.50 bits per heavy atom. The molecule has 22 heavy (non-hydrogen) atoms. The summed E-state index contributed by atoms with van der Waals surface area (Å²) >= 11 is 0. The third kappa shape index (κ3) is 2.56. The van der Waals surface area contributed by atoms with Crippen LogP contribution in [0.1, 0.15) is 18.4 Å². The Bertz CT molecular complexity index is 622. The molecule has 2 fully saturated rings. The first-order chi connectivity index (χ1) is 10.5. The molecule has 0 saturated carbocycles. The lowest BCUT2D eigenvalue weighted by Crippen LogP contribution is -2.43. The maximum atomic E-state index is 13.1. The number of fused-ring (bicyclic) bond motifs is 2. The van der Waals surface area contributed by atoms with Gasteiger partial charge in [-0.25, -0.2) is 8.78 Å². The zero-order valence-electron chi connectivity index (χ0n) is 11.6. The Kier molecular flexibility index (Phi) is 3.82. The Morgan fingerprint density at radius 1 is 1.18 bits per heavy atom. The van der Waals surface area contributed by atoms with Gasteiger partial charge in [-0.3, -0.25) is 9.59 Å². The molecule has 2 aliphatic heterocycles. The predicted octanol–water partition coefficient (Wildman–Crippen LogP) is 1.46. The standard InChI is InChI=1S/C15H15F2NO4/c16-8-2-1-7(5-9(8)17)6-18-14(19)12-10-3-4-11(22-10)13(12)15(20)21/h1-2,5,10-13H,3-4,6H2,(H,18,19)(H,20,21)/t10-,11+,12?,13?/m1/s1. The number of carboxylic acids is 1. The zero-order valence-corrected chi connectivity index (χ0v) is 11.6. The van der Waals surface area contributed by atoms with Crippen molar-refractivity contribution >= 4 is 11.9 Å². The summed E-state index contributed by atoms with van der Waals surface area (Å²) in [5.41, 5.74) is 0.406. The highest BCUT2D eigenvalue weighted by Crippen LogP contribution is 2.43. The summed E-state index contributed by atoms with van der Waals surface area (Å²) < 4.78 is 31.5. The van der Waals surface area contributed by atoms with Gasteiger partial charge in [0.05, 0.1) is 24.0 Å². The maximum absolute atomic E-state index is 13.1. The van der Waals surface area contributed by atoms with E-state index in [1.807, 2.05) is 0 Å². The number of rotatable bonds is 4. The van der Waals surface area contributed by atoms with Crippen molar-refractivity contribution in [3.63, 3.8) is 0 Å². The number of carbonyl (C=O) groups excluding carboxylic acids is 1. The van der Waals surface area contributed by atoms with Gasteiger partial charge >= 0.3 is 5.97 Å². The number of benzene rings is 1. The first-order valence-corrected chi connectivity index (χ1v) is 7.07. The molecule has 2 N–H and O–H groups in total. The molecule has 2 saturated heterocycles. The SMILES string of the molecule is O=C(O)C1C(C(=O)NCc2ccc(F)c(F)c2)[C@H]2CC[C@@H]1O2. The fraction of sp³-hybridized carbons (Fsp3) is 0.467. The van der Waals surface area contributed by atoms with E-state index >= 15 is 0 Å². The van der Waals surface area contributed by atoms with Crippen LogP contribution < -0.4 is 5.32 Å². The molecule has 7 heteroatoms. The summed E-state index contributed by atoms with van der Waals surface area (Å²) in [6.07, 6.45) is 0.518. The quantitative estimate of drug-likeness (QED) is 0.883. The monoisotopic (exact) mass is 311 g/mol. The van der Waals surface area contributed by atoms with Crippen LogP contribution in [0.25, 0.3) is 0 Å². The van der Waals surface area contributed by atoms with Crippen molar-refractivity contribution in [1.82, 2.24) is 5.32 Å². The summed E-state index contributed by atoms with van der Waals surface area (Å²) in [5, 5.41) is 11.8. The van der Waals surface area contributed by atoms with Crippen LogP contribution in [0, 0.1) is 23.5 Å². The average Bonchev–Trinajstić information content (AvgIpc) is 3.08. The van der Waals surface area contributed by atoms with E-state index in [-0.39, 0.29) is 12.6 Å². The van der Waals surface area contributed by atoms with Crippen molar-refractivity contribution in [3.8, 4) is 0 Å². The van der Waals surface area contributed by atoms with Crippen LogP contribution in [-0.2, 0) is 20.9 Å². The second-order valence-corrected chi connectivity index (χ2v) is 5.65. The number of carbonyl (C=O) groups is 2. The molecule has 118 valence electrons. The topological polar surface area (TPSA) is 75.6 Å². The normalized spacial score (nSPS) is 29.5. The summed E-state index contributed by atoms with van der Waals surface area (Å²) in [5.74, 6) is -4.99. The van der Waals surface area contributed by atoms with E-state index in [9.17, 15) is 23.5 Å². The molecule has 4 atom stereocenters. The highest BCUT2D eigenvalue weighted by Gasteiger charge is 2.55. The van der Waals surface area contributed by atoms with Crippen molar-refractivity contribution in [3.05, 3.63) is 35.4 Å². The number of halogens is 2. The number of hydrogen-bond donors (Lipinski definition) is 2. The van der Waals surface area contributed by atoms with Gasteiger partial charge in [0.25, 0.3) is 0 Å². The number of aliphatic carboxylic acids is 1. The first kappa shape index (κ1) is 14.9. The van der Waals surface area contributed by atoms with Gasteiger partial charge in [-0.2, -0.15) is 0 Å². The molecule has 2 heterocycles. The van der Waals surface area contributed by atoms with E-state index < -0.39 is 41.5 Å². The minimum atomic E-state index is -1.04. The van der Waals surface area contributed by atoms with Gasteiger partial charge in [0.2, 0.25) is 5.91 Å². The molecule has 2 aliphatic rings. The Hall–Kier alpha value is -2.02. The van der Waals surface area contributed by atoms with Gasteiger partial charge in [-0.05, 0) is 30.5 Å². The second kappa shape index (κ2) is 5.64. The third-order valence-electron chi connectivity index (χ3n) is 4.31. The minimum Gasteiger partial charge on any atom is -0.481 e. The van der Waals surface area contributed by atoms with E-state index in [1.54, 1.807) is 0 Å². The highest BCUT2D eigenvalue weighted by atomic mass is 19.2. The molecule has 2 unspecified atom stereocenters. The largest absolute Gasteiger partial charge is 0.481 e. The van der Waals surface area contributed by atoms with Crippen molar-refractivity contribution in [1.29, 1.82) is 0 Å². The summed E-state index contributed by atoms with van der Waals surface area (Å²) in [7, 11) is 0. The number of nitrogens with one attached hydrogen (secondary N) is 1. The molecule has 1 amide bonds. The first-order valence-electron chi connectivity index (χ1n) is 7.07. The fourth-order valence-electron chi connectivity index (χ4n) is 3.28. The smallest absolute Gasteiger partial charge is 0.310 e. The van der Waals surface area contributed by atoms with Gasteiger partial charge in [0, 0.05) is 6.54 Å². The molecule has 0 aromatic heterocycles. The lowest BCUT2D eigenvalue weighted by molar-refractivity contribution is -0.147. The van der Waals surface area contributed by atoms with Crippen LogP contribution >= 0.6 is 0 Å². The van der Waals surface area contributed by atoms with Gasteiger partial charge in [-0.1, -0.05) is 6.07 Å². The Balaban J connectivity index is 1.66. The fourth-order valence-corrected chi connectivity index (χ4v) is 3.28. The molecule has 0 spiro atoms. The number of ether oxygens (including phenoxy) is 1. The van der Waals surface area contributed by atoms with E-state index in [0.717, 1.165) is 12.1 Å². The van der Waals surface area contributed by atoms with E-state index in [1.165, 1.54) is 6.07 Å². The lowest BCUT2D eigenvalue weighted by Gasteiger charge is -2.23. The van der Waals surface area contributed by atoms with Crippen LogP contribution in [-0.4, -0.2) is 29.2 Å². The molecular formula is C15H15F2NO4. The number of carboxylic acid groups (broad SMARTS) is 1. The van der Waals surface area contributed by atoms with E-state index in [0.29, 0.717) is 18.4 Å². The molecule has 3 rings (SSSR count). The van der Waals surface area contributed by atoms with E-state index in [2.05, 4.69) is 5.32 Å². The minimum absolute atomic E-state index is 0.0102. The van der Waals surface area contributed by atoms with Crippen LogP contribution in [0.4, 0.5) is 8.78 Å². The number of amides is 1. The van der Waals surface area contributed by atoms with Crippen molar-refractivity contribution in [2.75, 3.05) is 0 Å². The van der Waals surface area contributed by atoms with Crippen molar-refractivity contribution < 1.29 is 28.2 Å². The van der Waals surface area contributed by atoms with Crippen LogP contribution in [0.5, 0.6) is 0 Å². The van der Waals surface area contributed by atoms with Crippen LogP contribution in [0.3, 0.4) is 0 Å².